The van der Waals surface area contributed by atoms with Crippen LogP contribution < -0.4 is 15.8 Å². The Kier molecular flexibility index (Phi) is 8.41. The number of nitrogens with two attached hydrogens (primary N) is 1. The lowest BCUT2D eigenvalue weighted by Crippen LogP contribution is -2.55. The molecule has 5 rings (SSSR count). The van der Waals surface area contributed by atoms with Crippen molar-refractivity contribution >= 4 is 41.1 Å². The summed E-state index contributed by atoms with van der Waals surface area (Å²) in [5.74, 6) is -0.750. The van der Waals surface area contributed by atoms with E-state index >= 15 is 0 Å². The molecule has 2 heterocycles. The van der Waals surface area contributed by atoms with Gasteiger partial charge in [0.15, 0.2) is 5.78 Å². The van der Waals surface area contributed by atoms with Gasteiger partial charge in [0.05, 0.1) is 24.1 Å². The molecule has 43 heavy (non-hydrogen) atoms. The molecule has 0 saturated carbocycles. The van der Waals surface area contributed by atoms with Crippen molar-refractivity contribution in [2.75, 3.05) is 19.6 Å². The minimum Gasteiger partial charge on any atom is -0.487 e. The first kappa shape index (κ1) is 30.0. The molecule has 1 fully saturated rings. The van der Waals surface area contributed by atoms with Crippen LogP contribution in [0, 0.1) is 0 Å². The summed E-state index contributed by atoms with van der Waals surface area (Å²) < 4.78 is 6.34. The average molecular weight is 604 g/mol. The van der Waals surface area contributed by atoms with E-state index in [1.165, 1.54) is 4.90 Å². The van der Waals surface area contributed by atoms with E-state index < -0.39 is 35.8 Å². The lowest BCUT2D eigenvalue weighted by atomic mass is 9.93. The molecule has 224 valence electrons. The summed E-state index contributed by atoms with van der Waals surface area (Å²) in [5.41, 5.74) is 7.20. The van der Waals surface area contributed by atoms with Crippen molar-refractivity contribution in [3.8, 4) is 5.75 Å². The smallest absolute Gasteiger partial charge is 0.326 e. The Morgan fingerprint density at radius 3 is 2.51 bits per heavy atom. The second-order valence-corrected chi connectivity index (χ2v) is 12.1. The van der Waals surface area contributed by atoms with Gasteiger partial charge in [-0.1, -0.05) is 48.0 Å². The van der Waals surface area contributed by atoms with Crippen molar-refractivity contribution in [1.29, 1.82) is 0 Å². The number of benzene rings is 2. The van der Waals surface area contributed by atoms with Gasteiger partial charge in [-0.2, -0.15) is 0 Å². The average Bonchev–Trinajstić information content (AvgIpc) is 3.60. The Hall–Kier alpha value is -4.44. The molecule has 2 atom stereocenters. The van der Waals surface area contributed by atoms with Crippen molar-refractivity contribution in [1.82, 2.24) is 15.1 Å². The third kappa shape index (κ3) is 6.64. The Morgan fingerprint density at radius 1 is 1.14 bits per heavy atom. The number of allylic oxidation sites excluding steroid dienone is 3. The highest BCUT2D eigenvalue weighted by Gasteiger charge is 2.46. The molecule has 2 aromatic rings. The fourth-order valence-electron chi connectivity index (χ4n) is 5.42. The summed E-state index contributed by atoms with van der Waals surface area (Å²) in [7, 11) is 0. The van der Waals surface area contributed by atoms with Crippen LogP contribution in [0.5, 0.6) is 5.75 Å². The number of nitrogens with one attached hydrogen (secondary N) is 1. The van der Waals surface area contributed by atoms with Crippen LogP contribution in [0.1, 0.15) is 61.1 Å². The molecule has 0 aromatic heterocycles. The van der Waals surface area contributed by atoms with Crippen molar-refractivity contribution in [3.05, 3.63) is 88.0 Å². The van der Waals surface area contributed by atoms with Crippen molar-refractivity contribution < 1.29 is 23.9 Å². The minimum absolute atomic E-state index is 0.0865. The zero-order valence-corrected chi connectivity index (χ0v) is 25.1. The number of aliphatic imine (C=N–C) groups is 1. The SMILES string of the molecule is CC(C)(C)Oc1cc(C(=O)CC(N)=O)ccc1C1=NC(C2=CC=CC2)C(c2ccc(Cl)cc2)N1C(=O)N1CCNC(=O)C1. The maximum absolute atomic E-state index is 14.4. The van der Waals surface area contributed by atoms with Crippen molar-refractivity contribution in [3.63, 3.8) is 0 Å². The Balaban J connectivity index is 1.68. The molecule has 1 aliphatic carbocycles. The van der Waals surface area contributed by atoms with Crippen LogP contribution in [-0.2, 0) is 9.59 Å². The third-order valence-electron chi connectivity index (χ3n) is 7.27. The monoisotopic (exact) mass is 603 g/mol. The summed E-state index contributed by atoms with van der Waals surface area (Å²) >= 11 is 6.24. The number of amides is 4. The van der Waals surface area contributed by atoms with Crippen molar-refractivity contribution in [2.45, 2.75) is 51.3 Å². The van der Waals surface area contributed by atoms with Crippen LogP contribution in [0.25, 0.3) is 0 Å². The number of ketones is 1. The van der Waals surface area contributed by atoms with E-state index in [-0.39, 0.29) is 24.0 Å². The van der Waals surface area contributed by atoms with Gasteiger partial charge in [0.1, 0.15) is 23.7 Å². The van der Waals surface area contributed by atoms with Gasteiger partial charge in [0, 0.05) is 23.7 Å². The number of halogens is 1. The molecule has 2 aromatic carbocycles. The number of hydrogen-bond donors (Lipinski definition) is 2. The number of amidine groups is 1. The summed E-state index contributed by atoms with van der Waals surface area (Å²) in [6.07, 6.45) is 6.24. The summed E-state index contributed by atoms with van der Waals surface area (Å²) in [5, 5.41) is 3.33. The Bertz CT molecular complexity index is 1560. The Labute approximate surface area is 255 Å². The number of Topliss-reactive ketones (excluding diaryl/α,β-unsaturated/α-hetero) is 1. The molecule has 3 aliphatic rings. The van der Waals surface area contributed by atoms with E-state index in [1.54, 1.807) is 35.2 Å². The fraction of sp³-hybridized carbons (Fsp3) is 0.344. The lowest BCUT2D eigenvalue weighted by molar-refractivity contribution is -0.123. The molecule has 2 aliphatic heterocycles. The number of piperazine rings is 1. The molecular formula is C32H34ClN5O5. The molecule has 2 unspecified atom stereocenters. The molecule has 11 heteroatoms. The molecule has 1 saturated heterocycles. The largest absolute Gasteiger partial charge is 0.487 e. The molecule has 3 N–H and O–H groups in total. The number of carbonyl (C=O) groups excluding carboxylic acids is 4. The number of nitrogens with zero attached hydrogens (tertiary/aromatic N) is 3. The quantitative estimate of drug-likeness (QED) is 0.362. The molecular weight excluding hydrogens is 570 g/mol. The van der Waals surface area contributed by atoms with Gasteiger partial charge in [0.2, 0.25) is 11.8 Å². The molecule has 0 spiro atoms. The van der Waals surface area contributed by atoms with Gasteiger partial charge in [-0.05, 0) is 62.6 Å². The van der Waals surface area contributed by atoms with E-state index in [0.29, 0.717) is 41.7 Å². The van der Waals surface area contributed by atoms with Crippen LogP contribution in [0.3, 0.4) is 0 Å². The van der Waals surface area contributed by atoms with Gasteiger partial charge in [-0.25, -0.2) is 4.79 Å². The van der Waals surface area contributed by atoms with Crippen molar-refractivity contribution in [2.24, 2.45) is 10.7 Å². The lowest BCUT2D eigenvalue weighted by Gasteiger charge is -2.36. The standard InChI is InChI=1S/C32H34ClN5O5/c1-32(2,3)43-25-16-21(24(39)17-26(34)40)10-13-23(25)30-36-28(19-6-4-5-7-19)29(20-8-11-22(33)12-9-20)38(30)31(42)37-15-14-35-27(41)18-37/h4-6,8-13,16,28-29H,7,14-15,17-18H2,1-3H3,(H2,34,40)(H,35,41). The van der Waals surface area contributed by atoms with E-state index in [4.69, 9.17) is 27.1 Å². The van der Waals surface area contributed by atoms with E-state index in [2.05, 4.69) is 5.32 Å². The third-order valence-corrected chi connectivity index (χ3v) is 7.52. The first-order valence-corrected chi connectivity index (χ1v) is 14.5. The van der Waals surface area contributed by atoms with Crippen LogP contribution in [0.2, 0.25) is 5.02 Å². The minimum atomic E-state index is -0.734. The molecule has 10 nitrogen and oxygen atoms in total. The van der Waals surface area contributed by atoms with Gasteiger partial charge < -0.3 is 20.7 Å². The Morgan fingerprint density at radius 2 is 1.88 bits per heavy atom. The molecule has 0 bridgehead atoms. The number of rotatable bonds is 7. The normalized spacial score (nSPS) is 20.0. The van der Waals surface area contributed by atoms with Gasteiger partial charge in [-0.15, -0.1) is 0 Å². The highest BCUT2D eigenvalue weighted by atomic mass is 35.5. The molecule has 0 radical (unpaired) electrons. The predicted molar refractivity (Wildman–Crippen MR) is 163 cm³/mol. The number of hydrogen-bond acceptors (Lipinski definition) is 6. The predicted octanol–water partition coefficient (Wildman–Crippen LogP) is 4.19. The van der Waals surface area contributed by atoms with Crippen LogP contribution in [0.4, 0.5) is 4.79 Å². The first-order chi connectivity index (χ1) is 20.4. The van der Waals surface area contributed by atoms with Crippen LogP contribution >= 0.6 is 11.6 Å². The van der Waals surface area contributed by atoms with E-state index in [0.717, 1.165) is 11.1 Å². The number of carbonyl (C=O) groups is 4. The highest BCUT2D eigenvalue weighted by Crippen LogP contribution is 2.42. The highest BCUT2D eigenvalue weighted by molar-refractivity contribution is 6.30. The first-order valence-electron chi connectivity index (χ1n) is 14.1. The summed E-state index contributed by atoms with van der Waals surface area (Å²) in [4.78, 5) is 59.3. The zero-order chi connectivity index (χ0) is 30.9. The summed E-state index contributed by atoms with van der Waals surface area (Å²) in [6, 6.07) is 10.8. The van der Waals surface area contributed by atoms with E-state index in [1.807, 2.05) is 51.1 Å². The van der Waals surface area contributed by atoms with Gasteiger partial charge in [0.25, 0.3) is 0 Å². The van der Waals surface area contributed by atoms with Crippen LogP contribution in [0.15, 0.2) is 71.3 Å². The number of ether oxygens (including phenoxy) is 1. The van der Waals surface area contributed by atoms with Gasteiger partial charge >= 0.3 is 6.03 Å². The number of primary amides is 1. The zero-order valence-electron chi connectivity index (χ0n) is 24.3. The topological polar surface area (TPSA) is 134 Å². The van der Waals surface area contributed by atoms with Gasteiger partial charge in [-0.3, -0.25) is 24.3 Å². The second kappa shape index (κ2) is 12.0. The number of urea groups is 1. The maximum Gasteiger partial charge on any atom is 0.326 e. The van der Waals surface area contributed by atoms with Crippen LogP contribution in [-0.4, -0.2) is 70.5 Å². The fourth-order valence-corrected chi connectivity index (χ4v) is 5.54. The maximum atomic E-state index is 14.4. The summed E-state index contributed by atoms with van der Waals surface area (Å²) in [6.45, 7) is 6.20. The molecule has 4 amide bonds. The second-order valence-electron chi connectivity index (χ2n) is 11.7. The van der Waals surface area contributed by atoms with E-state index in [9.17, 15) is 19.2 Å².